The molecule has 0 saturated carbocycles. The van der Waals surface area contributed by atoms with Crippen molar-refractivity contribution in [3.63, 3.8) is 0 Å². The molecule has 1 aromatic carbocycles. The van der Waals surface area contributed by atoms with E-state index in [-0.39, 0.29) is 6.29 Å². The Morgan fingerprint density at radius 1 is 1.14 bits per heavy atom. The van der Waals surface area contributed by atoms with Gasteiger partial charge in [0.1, 0.15) is 5.78 Å². The molecule has 0 N–H and O–H groups in total. The lowest BCUT2D eigenvalue weighted by molar-refractivity contribution is -0.162. The average Bonchev–Trinajstić information content (AvgIpc) is 2.54. The largest absolute Gasteiger partial charge is 0.353 e. The molecule has 2 rings (SSSR count). The Labute approximate surface area is 127 Å². The maximum absolute atomic E-state index is 11.8. The summed E-state index contributed by atoms with van der Waals surface area (Å²) in [5.74, 6) is 0.354. The molecule has 1 aliphatic rings. The molecule has 0 aromatic heterocycles. The SMILES string of the molecule is O=C(CCCCOC1CCCCO1)CCc1ccccc1. The molecule has 1 saturated heterocycles. The van der Waals surface area contributed by atoms with Gasteiger partial charge in [-0.2, -0.15) is 0 Å². The summed E-state index contributed by atoms with van der Waals surface area (Å²) in [4.78, 5) is 11.8. The molecule has 0 spiro atoms. The first-order chi connectivity index (χ1) is 10.3. The van der Waals surface area contributed by atoms with Gasteiger partial charge in [-0.25, -0.2) is 0 Å². The van der Waals surface area contributed by atoms with Gasteiger partial charge in [0.25, 0.3) is 0 Å². The minimum atomic E-state index is -0.00691. The number of hydrogen-bond acceptors (Lipinski definition) is 3. The van der Waals surface area contributed by atoms with Crippen LogP contribution in [0.3, 0.4) is 0 Å². The van der Waals surface area contributed by atoms with Crippen molar-refractivity contribution in [3.05, 3.63) is 35.9 Å². The van der Waals surface area contributed by atoms with Crippen LogP contribution in [0.4, 0.5) is 0 Å². The van der Waals surface area contributed by atoms with Crippen molar-refractivity contribution >= 4 is 5.78 Å². The molecule has 0 radical (unpaired) electrons. The molecule has 1 aromatic rings. The van der Waals surface area contributed by atoms with Crippen molar-refractivity contribution in [1.82, 2.24) is 0 Å². The van der Waals surface area contributed by atoms with Crippen LogP contribution in [0.2, 0.25) is 0 Å². The Kier molecular flexibility index (Phi) is 7.47. The van der Waals surface area contributed by atoms with E-state index >= 15 is 0 Å². The van der Waals surface area contributed by atoms with E-state index in [4.69, 9.17) is 9.47 Å². The molecule has 0 bridgehead atoms. The predicted molar refractivity (Wildman–Crippen MR) is 83.2 cm³/mol. The van der Waals surface area contributed by atoms with Gasteiger partial charge in [0.05, 0.1) is 0 Å². The molecule has 0 aliphatic carbocycles. The highest BCUT2D eigenvalue weighted by Crippen LogP contribution is 2.14. The second kappa shape index (κ2) is 9.69. The van der Waals surface area contributed by atoms with E-state index in [1.165, 1.54) is 12.0 Å². The highest BCUT2D eigenvalue weighted by atomic mass is 16.7. The smallest absolute Gasteiger partial charge is 0.157 e. The molecular weight excluding hydrogens is 264 g/mol. The van der Waals surface area contributed by atoms with Crippen molar-refractivity contribution in [1.29, 1.82) is 0 Å². The average molecular weight is 290 g/mol. The number of carbonyl (C=O) groups excluding carboxylic acids is 1. The maximum atomic E-state index is 11.8. The zero-order valence-corrected chi connectivity index (χ0v) is 12.8. The first-order valence-electron chi connectivity index (χ1n) is 8.13. The van der Waals surface area contributed by atoms with Crippen molar-refractivity contribution in [2.24, 2.45) is 0 Å². The molecule has 21 heavy (non-hydrogen) atoms. The molecule has 1 unspecified atom stereocenters. The molecule has 1 aliphatic heterocycles. The molecule has 1 atom stereocenters. The summed E-state index contributed by atoms with van der Waals surface area (Å²) in [5, 5.41) is 0. The topological polar surface area (TPSA) is 35.5 Å². The third-order valence-corrected chi connectivity index (χ3v) is 3.83. The Balaban J connectivity index is 1.47. The highest BCUT2D eigenvalue weighted by Gasteiger charge is 2.13. The van der Waals surface area contributed by atoms with Crippen LogP contribution in [0.25, 0.3) is 0 Å². The van der Waals surface area contributed by atoms with Crippen LogP contribution in [-0.2, 0) is 20.7 Å². The summed E-state index contributed by atoms with van der Waals surface area (Å²) in [6, 6.07) is 10.2. The van der Waals surface area contributed by atoms with Gasteiger partial charge in [-0.05, 0) is 44.1 Å². The fourth-order valence-electron chi connectivity index (χ4n) is 2.54. The molecule has 0 amide bonds. The van der Waals surface area contributed by atoms with E-state index in [1.807, 2.05) is 18.2 Å². The van der Waals surface area contributed by atoms with Gasteiger partial charge in [0.2, 0.25) is 0 Å². The maximum Gasteiger partial charge on any atom is 0.157 e. The van der Waals surface area contributed by atoms with Gasteiger partial charge in [-0.1, -0.05) is 30.3 Å². The number of aryl methyl sites for hydroxylation is 1. The summed E-state index contributed by atoms with van der Waals surface area (Å²) in [6.07, 6.45) is 7.38. The number of ether oxygens (including phenoxy) is 2. The van der Waals surface area contributed by atoms with E-state index in [2.05, 4.69) is 12.1 Å². The van der Waals surface area contributed by atoms with Gasteiger partial charge >= 0.3 is 0 Å². The van der Waals surface area contributed by atoms with E-state index in [0.29, 0.717) is 25.2 Å². The van der Waals surface area contributed by atoms with Crippen molar-refractivity contribution in [3.8, 4) is 0 Å². The highest BCUT2D eigenvalue weighted by molar-refractivity contribution is 5.78. The van der Waals surface area contributed by atoms with E-state index in [9.17, 15) is 4.79 Å². The molecule has 3 nitrogen and oxygen atoms in total. The lowest BCUT2D eigenvalue weighted by Gasteiger charge is -2.22. The predicted octanol–water partition coefficient (Wildman–Crippen LogP) is 3.90. The van der Waals surface area contributed by atoms with Crippen LogP contribution in [0, 0.1) is 0 Å². The summed E-state index contributed by atoms with van der Waals surface area (Å²) < 4.78 is 11.2. The first-order valence-corrected chi connectivity index (χ1v) is 8.13. The normalized spacial score (nSPS) is 18.6. The zero-order chi connectivity index (χ0) is 14.8. The number of Topliss-reactive ketones (excluding diaryl/α,β-unsaturated/α-hetero) is 1. The second-order valence-electron chi connectivity index (χ2n) is 5.65. The number of rotatable bonds is 9. The molecule has 1 fully saturated rings. The summed E-state index contributed by atoms with van der Waals surface area (Å²) in [7, 11) is 0. The van der Waals surface area contributed by atoms with Gasteiger partial charge in [0, 0.05) is 26.1 Å². The van der Waals surface area contributed by atoms with Crippen molar-refractivity contribution in [2.75, 3.05) is 13.2 Å². The van der Waals surface area contributed by atoms with Crippen molar-refractivity contribution < 1.29 is 14.3 Å². The van der Waals surface area contributed by atoms with E-state index in [0.717, 1.165) is 38.7 Å². The van der Waals surface area contributed by atoms with Crippen LogP contribution in [0.15, 0.2) is 30.3 Å². The summed E-state index contributed by atoms with van der Waals surface area (Å²) in [6.45, 7) is 1.53. The van der Waals surface area contributed by atoms with E-state index < -0.39 is 0 Å². The fourth-order valence-corrected chi connectivity index (χ4v) is 2.54. The van der Waals surface area contributed by atoms with Gasteiger partial charge in [0.15, 0.2) is 6.29 Å². The number of ketones is 1. The van der Waals surface area contributed by atoms with Crippen LogP contribution < -0.4 is 0 Å². The Morgan fingerprint density at radius 2 is 2.00 bits per heavy atom. The molecule has 116 valence electrons. The fraction of sp³-hybridized carbons (Fsp3) is 0.611. The number of unbranched alkanes of at least 4 members (excludes halogenated alkanes) is 1. The Bertz CT molecular complexity index is 396. The van der Waals surface area contributed by atoms with Crippen LogP contribution in [0.1, 0.15) is 50.5 Å². The van der Waals surface area contributed by atoms with Gasteiger partial charge < -0.3 is 9.47 Å². The summed E-state index contributed by atoms with van der Waals surface area (Å²) in [5.41, 5.74) is 1.24. The monoisotopic (exact) mass is 290 g/mol. The molecule has 1 heterocycles. The number of carbonyl (C=O) groups is 1. The van der Waals surface area contributed by atoms with E-state index in [1.54, 1.807) is 0 Å². The lowest BCUT2D eigenvalue weighted by Crippen LogP contribution is -2.22. The molecular formula is C18H26O3. The number of hydrogen-bond donors (Lipinski definition) is 0. The van der Waals surface area contributed by atoms with Gasteiger partial charge in [-0.15, -0.1) is 0 Å². The Hall–Kier alpha value is -1.19. The summed E-state index contributed by atoms with van der Waals surface area (Å²) >= 11 is 0. The number of benzene rings is 1. The van der Waals surface area contributed by atoms with Gasteiger partial charge in [-0.3, -0.25) is 4.79 Å². The lowest BCUT2D eigenvalue weighted by atomic mass is 10.0. The zero-order valence-electron chi connectivity index (χ0n) is 12.8. The van der Waals surface area contributed by atoms with Crippen molar-refractivity contribution in [2.45, 2.75) is 57.7 Å². The molecule has 3 heteroatoms. The third kappa shape index (κ3) is 6.87. The van der Waals surface area contributed by atoms with Crippen LogP contribution in [0.5, 0.6) is 0 Å². The standard InChI is InChI=1S/C18H26O3/c19-17(13-12-16-8-2-1-3-9-16)10-4-6-14-20-18-11-5-7-15-21-18/h1-3,8-9,18H,4-7,10-15H2. The van der Waals surface area contributed by atoms with Crippen LogP contribution >= 0.6 is 0 Å². The first kappa shape index (κ1) is 16.2. The Morgan fingerprint density at radius 3 is 2.76 bits per heavy atom. The quantitative estimate of drug-likeness (QED) is 0.647. The van der Waals surface area contributed by atoms with Crippen LogP contribution in [-0.4, -0.2) is 25.3 Å². The third-order valence-electron chi connectivity index (χ3n) is 3.83. The minimum Gasteiger partial charge on any atom is -0.353 e. The second-order valence-corrected chi connectivity index (χ2v) is 5.65. The minimum absolute atomic E-state index is 0.00691.